The molecule has 0 spiro atoms. The number of ether oxygens (including phenoxy) is 1. The highest BCUT2D eigenvalue weighted by atomic mass is 16.8. The van der Waals surface area contributed by atoms with Crippen molar-refractivity contribution in [3.8, 4) is 0 Å². The summed E-state index contributed by atoms with van der Waals surface area (Å²) in [5, 5.41) is 30.5. The number of hydrogen-bond donors (Lipinski definition) is 1. The van der Waals surface area contributed by atoms with Gasteiger partial charge in [-0.15, -0.1) is 5.10 Å². The predicted molar refractivity (Wildman–Crippen MR) is 129 cm³/mol. The van der Waals surface area contributed by atoms with Crippen LogP contribution in [0.1, 0.15) is 16.7 Å². The molecule has 0 amide bonds. The molecule has 4 aromatic rings. The van der Waals surface area contributed by atoms with Gasteiger partial charge in [0.2, 0.25) is 0 Å². The molecule has 1 N–H and O–H groups in total. The molecule has 170 valence electrons. The third-order valence-electron chi connectivity index (χ3n) is 6.41. The van der Waals surface area contributed by atoms with Crippen molar-refractivity contribution in [3.63, 3.8) is 0 Å². The van der Waals surface area contributed by atoms with Gasteiger partial charge in [-0.05, 0) is 41.8 Å². The molecule has 0 saturated carbocycles. The number of nitrogens with zero attached hydrogens (tertiary/aromatic N) is 4. The molecular weight excluding hydrogens is 428 g/mol. The lowest BCUT2D eigenvalue weighted by atomic mass is 9.70. The SMILES string of the molecule is COC1=CC(C(c2ccccc2)(c2ccccc2C)n2nnc3ccccc32)C=C/C1=[N+](/[O-])O. The summed E-state index contributed by atoms with van der Waals surface area (Å²) >= 11 is 0. The smallest absolute Gasteiger partial charge is 0.308 e. The second-order valence-electron chi connectivity index (χ2n) is 8.22. The maximum atomic E-state index is 11.8. The Morgan fingerprint density at radius 2 is 1.71 bits per heavy atom. The van der Waals surface area contributed by atoms with Gasteiger partial charge < -0.3 is 9.94 Å². The lowest BCUT2D eigenvalue weighted by molar-refractivity contribution is -0.725. The molecule has 7 nitrogen and oxygen atoms in total. The van der Waals surface area contributed by atoms with Crippen LogP contribution in [0.25, 0.3) is 11.0 Å². The Hall–Kier alpha value is -4.39. The number of fused-ring (bicyclic) bond motifs is 1. The third kappa shape index (κ3) is 3.25. The molecule has 1 aliphatic rings. The number of aryl methyl sites for hydroxylation is 1. The summed E-state index contributed by atoms with van der Waals surface area (Å²) in [7, 11) is 1.48. The molecule has 3 aromatic carbocycles. The van der Waals surface area contributed by atoms with Crippen molar-refractivity contribution < 1.29 is 14.8 Å². The number of rotatable bonds is 5. The lowest BCUT2D eigenvalue weighted by Crippen LogP contribution is -2.45. The quantitative estimate of drug-likeness (QED) is 0.272. The van der Waals surface area contributed by atoms with Crippen LogP contribution in [-0.2, 0) is 10.3 Å². The first-order chi connectivity index (χ1) is 16.6. The Bertz CT molecular complexity index is 1430. The Morgan fingerprint density at radius 1 is 1.00 bits per heavy atom. The van der Waals surface area contributed by atoms with Gasteiger partial charge in [-0.3, -0.25) is 5.21 Å². The maximum Gasteiger partial charge on any atom is 0.308 e. The van der Waals surface area contributed by atoms with Gasteiger partial charge in [0.1, 0.15) is 11.1 Å². The van der Waals surface area contributed by atoms with E-state index in [4.69, 9.17) is 4.74 Å². The first-order valence-electron chi connectivity index (χ1n) is 11.0. The van der Waals surface area contributed by atoms with Crippen molar-refractivity contribution in [2.24, 2.45) is 5.92 Å². The minimum atomic E-state index is -0.863. The molecule has 0 bridgehead atoms. The first kappa shape index (κ1) is 21.5. The number of hydrogen-bond acceptors (Lipinski definition) is 5. The lowest BCUT2D eigenvalue weighted by Gasteiger charge is -2.41. The zero-order valence-electron chi connectivity index (χ0n) is 18.9. The highest BCUT2D eigenvalue weighted by molar-refractivity contribution is 6.04. The highest BCUT2D eigenvalue weighted by Crippen LogP contribution is 2.46. The third-order valence-corrected chi connectivity index (χ3v) is 6.41. The maximum absolute atomic E-state index is 11.8. The molecule has 7 heteroatoms. The Morgan fingerprint density at radius 3 is 2.44 bits per heavy atom. The topological polar surface area (TPSA) is 86.2 Å². The predicted octanol–water partition coefficient (Wildman–Crippen LogP) is 4.59. The fraction of sp³-hybridized carbons (Fsp3) is 0.148. The van der Waals surface area contributed by atoms with E-state index in [2.05, 4.69) is 41.5 Å². The van der Waals surface area contributed by atoms with E-state index in [-0.39, 0.29) is 22.3 Å². The second-order valence-corrected chi connectivity index (χ2v) is 8.22. The van der Waals surface area contributed by atoms with Gasteiger partial charge in [-0.25, -0.2) is 4.68 Å². The van der Waals surface area contributed by atoms with Gasteiger partial charge in [0, 0.05) is 16.9 Å². The Labute approximate surface area is 197 Å². The standard InChI is InChI=1S/C27H24N4O3/c1-19-10-6-7-13-22(19)27(20-11-4-3-5-12-20,30-24-15-9-8-14-23(24)28-29-30)21-16-17-25(31(32)33)26(18-21)34-2/h3-18,21H,1-2H3,(H,32,33). The molecular formula is C27H24N4O3. The average molecular weight is 453 g/mol. The first-order valence-corrected chi connectivity index (χ1v) is 11.0. The average Bonchev–Trinajstić information content (AvgIpc) is 3.30. The van der Waals surface area contributed by atoms with Crippen molar-refractivity contribution in [3.05, 3.63) is 125 Å². The van der Waals surface area contributed by atoms with Gasteiger partial charge in [0.25, 0.3) is 0 Å². The number of benzene rings is 3. The van der Waals surface area contributed by atoms with Crippen molar-refractivity contribution in [2.45, 2.75) is 12.5 Å². The molecule has 0 saturated heterocycles. The van der Waals surface area contributed by atoms with Crippen LogP contribution in [-0.4, -0.2) is 37.9 Å². The molecule has 5 rings (SSSR count). The molecule has 2 atom stereocenters. The van der Waals surface area contributed by atoms with Crippen molar-refractivity contribution >= 4 is 16.7 Å². The van der Waals surface area contributed by atoms with E-state index in [1.165, 1.54) is 7.11 Å². The summed E-state index contributed by atoms with van der Waals surface area (Å²) in [4.78, 5) is -0.176. The van der Waals surface area contributed by atoms with Crippen LogP contribution in [0.5, 0.6) is 0 Å². The second kappa shape index (κ2) is 8.51. The molecule has 34 heavy (non-hydrogen) atoms. The number of methoxy groups -OCH3 is 1. The van der Waals surface area contributed by atoms with Crippen LogP contribution in [0.3, 0.4) is 0 Å². The fourth-order valence-electron chi connectivity index (χ4n) is 4.90. The molecule has 1 aliphatic carbocycles. The summed E-state index contributed by atoms with van der Waals surface area (Å²) in [5.74, 6) is -0.0527. The van der Waals surface area contributed by atoms with E-state index in [9.17, 15) is 10.4 Å². The summed E-state index contributed by atoms with van der Waals surface area (Å²) in [6.45, 7) is 2.07. The van der Waals surface area contributed by atoms with Gasteiger partial charge in [0.05, 0.1) is 12.6 Å². The van der Waals surface area contributed by atoms with Crippen LogP contribution >= 0.6 is 0 Å². The number of aromatic nitrogens is 3. The van der Waals surface area contributed by atoms with Crippen LogP contribution in [0.15, 0.2) is 103 Å². The molecule has 0 radical (unpaired) electrons. The summed E-state index contributed by atoms with van der Waals surface area (Å²) < 4.78 is 7.48. The Kier molecular flexibility index (Phi) is 5.37. The summed E-state index contributed by atoms with van der Waals surface area (Å²) in [6, 6.07) is 26.2. The molecule has 0 aliphatic heterocycles. The van der Waals surface area contributed by atoms with Gasteiger partial charge in [-0.2, -0.15) is 0 Å². The van der Waals surface area contributed by atoms with Crippen molar-refractivity contribution in [1.29, 1.82) is 0 Å². The van der Waals surface area contributed by atoms with Crippen LogP contribution < -0.4 is 0 Å². The van der Waals surface area contributed by atoms with E-state index < -0.39 is 5.54 Å². The van der Waals surface area contributed by atoms with Gasteiger partial charge in [0.15, 0.2) is 5.76 Å². The molecule has 2 unspecified atom stereocenters. The highest BCUT2D eigenvalue weighted by Gasteiger charge is 2.46. The van der Waals surface area contributed by atoms with E-state index in [0.717, 1.165) is 27.7 Å². The molecule has 1 heterocycles. The summed E-state index contributed by atoms with van der Waals surface area (Å²) in [6.07, 6.45) is 5.34. The molecule has 1 aromatic heterocycles. The number of para-hydroxylation sites is 1. The minimum Gasteiger partial charge on any atom is -0.490 e. The van der Waals surface area contributed by atoms with Gasteiger partial charge >= 0.3 is 5.71 Å². The van der Waals surface area contributed by atoms with E-state index in [1.807, 2.05) is 71.4 Å². The van der Waals surface area contributed by atoms with Crippen LogP contribution in [0.2, 0.25) is 0 Å². The van der Waals surface area contributed by atoms with Crippen molar-refractivity contribution in [1.82, 2.24) is 15.0 Å². The Balaban J connectivity index is 1.92. The van der Waals surface area contributed by atoms with E-state index in [1.54, 1.807) is 6.08 Å². The van der Waals surface area contributed by atoms with Gasteiger partial charge in [-0.1, -0.05) is 78.0 Å². The zero-order chi connectivity index (χ0) is 23.7. The largest absolute Gasteiger partial charge is 0.490 e. The van der Waals surface area contributed by atoms with Crippen LogP contribution in [0.4, 0.5) is 0 Å². The zero-order valence-corrected chi connectivity index (χ0v) is 18.9. The molecule has 0 fully saturated rings. The van der Waals surface area contributed by atoms with Crippen molar-refractivity contribution in [2.75, 3.05) is 7.11 Å². The normalized spacial score (nSPS) is 18.9. The van der Waals surface area contributed by atoms with E-state index >= 15 is 0 Å². The minimum absolute atomic E-state index is 0.0361. The summed E-state index contributed by atoms with van der Waals surface area (Å²) in [5.41, 5.74) is 3.93. The monoisotopic (exact) mass is 452 g/mol. The van der Waals surface area contributed by atoms with Crippen LogP contribution in [0, 0.1) is 18.0 Å². The number of allylic oxidation sites excluding steroid dienone is 3. The van der Waals surface area contributed by atoms with E-state index in [0.29, 0.717) is 0 Å². The fourth-order valence-corrected chi connectivity index (χ4v) is 4.90.